The van der Waals surface area contributed by atoms with E-state index in [9.17, 15) is 4.79 Å². The number of pyridine rings is 1. The number of esters is 1. The van der Waals surface area contributed by atoms with Gasteiger partial charge in [-0.3, -0.25) is 0 Å². The second-order valence-electron chi connectivity index (χ2n) is 3.76. The Morgan fingerprint density at radius 2 is 1.75 bits per heavy atom. The van der Waals surface area contributed by atoms with Gasteiger partial charge in [0.1, 0.15) is 0 Å². The summed E-state index contributed by atoms with van der Waals surface area (Å²) in [5, 5.41) is 1.44. The average molecular weight is 225 g/mol. The Kier molecular flexibility index (Phi) is 3.84. The lowest BCUT2D eigenvalue weighted by Gasteiger charge is -2.28. The van der Waals surface area contributed by atoms with Crippen LogP contribution < -0.4 is 9.85 Å². The Balaban J connectivity index is 3.03. The summed E-state index contributed by atoms with van der Waals surface area (Å²) in [5.41, 5.74) is -0.907. The Labute approximate surface area is 95.1 Å². The molecular formula is C11H17N2O3+. The fourth-order valence-electron chi connectivity index (χ4n) is 1.45. The molecule has 0 radical (unpaired) electrons. The largest absolute Gasteiger partial charge is 0.467 e. The summed E-state index contributed by atoms with van der Waals surface area (Å²) >= 11 is 0. The second kappa shape index (κ2) is 4.94. The molecule has 0 spiro atoms. The molecule has 16 heavy (non-hydrogen) atoms. The van der Waals surface area contributed by atoms with Gasteiger partial charge < -0.3 is 4.74 Å². The van der Waals surface area contributed by atoms with Crippen LogP contribution in [0.5, 0.6) is 0 Å². The molecule has 0 N–H and O–H groups in total. The van der Waals surface area contributed by atoms with Gasteiger partial charge in [-0.1, -0.05) is 10.7 Å². The van der Waals surface area contributed by atoms with Gasteiger partial charge in [-0.25, -0.2) is 9.63 Å². The highest BCUT2D eigenvalue weighted by Crippen LogP contribution is 2.11. The van der Waals surface area contributed by atoms with E-state index in [4.69, 9.17) is 9.57 Å². The van der Waals surface area contributed by atoms with Crippen molar-refractivity contribution >= 4 is 5.97 Å². The molecular weight excluding hydrogens is 208 g/mol. The molecule has 5 heteroatoms. The smallest absolute Gasteiger partial charge is 0.339 e. The number of hydrogen-bond donors (Lipinski definition) is 0. The van der Waals surface area contributed by atoms with Crippen LogP contribution >= 0.6 is 0 Å². The van der Waals surface area contributed by atoms with Crippen molar-refractivity contribution in [2.75, 3.05) is 19.4 Å². The van der Waals surface area contributed by atoms with Crippen LogP contribution in [0.4, 0.5) is 0 Å². The van der Waals surface area contributed by atoms with Gasteiger partial charge in [0.25, 0.3) is 0 Å². The van der Waals surface area contributed by atoms with E-state index in [1.165, 1.54) is 19.4 Å². The summed E-state index contributed by atoms with van der Waals surface area (Å²) in [7, 11) is 2.86. The van der Waals surface area contributed by atoms with Crippen molar-refractivity contribution in [3.63, 3.8) is 0 Å². The van der Waals surface area contributed by atoms with E-state index in [2.05, 4.69) is 0 Å². The van der Waals surface area contributed by atoms with E-state index in [0.29, 0.717) is 0 Å². The standard InChI is InChI=1S/C11H17N2O3/c1-11(2,10(14)15-3)13(16-4)12-8-6-5-7-9-12/h5-9H,1-4H3/q+1. The topological polar surface area (TPSA) is 42.6 Å². The molecule has 88 valence electrons. The fourth-order valence-corrected chi connectivity index (χ4v) is 1.45. The molecule has 0 atom stereocenters. The zero-order valence-corrected chi connectivity index (χ0v) is 10.0. The van der Waals surface area contributed by atoms with Crippen molar-refractivity contribution in [2.24, 2.45) is 0 Å². The van der Waals surface area contributed by atoms with Crippen LogP contribution in [0, 0.1) is 0 Å². The lowest BCUT2D eigenvalue weighted by Crippen LogP contribution is -2.68. The minimum Gasteiger partial charge on any atom is -0.467 e. The molecule has 1 aromatic heterocycles. The third-order valence-corrected chi connectivity index (χ3v) is 2.25. The number of hydrogen-bond acceptors (Lipinski definition) is 4. The maximum atomic E-state index is 11.6. The first-order chi connectivity index (χ1) is 7.54. The molecule has 1 rings (SSSR count). The molecule has 0 fully saturated rings. The SMILES string of the molecule is COC(=O)C(C)(C)N(OC)[n+]1ccccc1. The Morgan fingerprint density at radius 1 is 1.19 bits per heavy atom. The van der Waals surface area contributed by atoms with Crippen molar-refractivity contribution in [3.05, 3.63) is 30.6 Å². The highest BCUT2D eigenvalue weighted by molar-refractivity contribution is 5.80. The van der Waals surface area contributed by atoms with Gasteiger partial charge in [-0.15, -0.1) is 0 Å². The van der Waals surface area contributed by atoms with Crippen molar-refractivity contribution in [1.29, 1.82) is 0 Å². The molecule has 0 aliphatic heterocycles. The number of rotatable bonds is 4. The molecule has 0 amide bonds. The third-order valence-electron chi connectivity index (χ3n) is 2.25. The van der Waals surface area contributed by atoms with Crippen molar-refractivity contribution in [1.82, 2.24) is 0 Å². The second-order valence-corrected chi connectivity index (χ2v) is 3.76. The average Bonchev–Trinajstić information content (AvgIpc) is 2.30. The number of aromatic nitrogens is 1. The lowest BCUT2D eigenvalue weighted by atomic mass is 10.1. The molecule has 1 aromatic rings. The van der Waals surface area contributed by atoms with Crippen LogP contribution in [0.25, 0.3) is 0 Å². The Morgan fingerprint density at radius 3 is 2.19 bits per heavy atom. The third kappa shape index (κ3) is 2.30. The number of carbonyl (C=O) groups is 1. The van der Waals surface area contributed by atoms with Crippen LogP contribution in [-0.4, -0.2) is 25.7 Å². The highest BCUT2D eigenvalue weighted by Gasteiger charge is 2.42. The molecule has 1 heterocycles. The molecule has 5 nitrogen and oxygen atoms in total. The van der Waals surface area contributed by atoms with Gasteiger partial charge in [0, 0.05) is 12.1 Å². The van der Waals surface area contributed by atoms with Crippen molar-refractivity contribution in [3.8, 4) is 0 Å². The maximum absolute atomic E-state index is 11.6. The van der Waals surface area contributed by atoms with Gasteiger partial charge in [0.2, 0.25) is 17.9 Å². The summed E-state index contributed by atoms with van der Waals surface area (Å²) in [5.74, 6) is -0.370. The quantitative estimate of drug-likeness (QED) is 0.423. The van der Waals surface area contributed by atoms with Crippen LogP contribution in [0.2, 0.25) is 0 Å². The van der Waals surface area contributed by atoms with Gasteiger partial charge in [-0.05, 0) is 19.0 Å². The van der Waals surface area contributed by atoms with Gasteiger partial charge in [0.05, 0.1) is 14.2 Å². The number of nitrogens with zero attached hydrogens (tertiary/aromatic N) is 2. The highest BCUT2D eigenvalue weighted by atomic mass is 16.7. The zero-order valence-electron chi connectivity index (χ0n) is 10.0. The van der Waals surface area contributed by atoms with Crippen LogP contribution in [-0.2, 0) is 14.4 Å². The summed E-state index contributed by atoms with van der Waals surface area (Å²) < 4.78 is 6.42. The molecule has 0 unspecified atom stereocenters. The minimum atomic E-state index is -0.907. The number of carbonyl (C=O) groups excluding carboxylic acids is 1. The van der Waals surface area contributed by atoms with E-state index in [1.54, 1.807) is 30.9 Å². The van der Waals surface area contributed by atoms with E-state index in [0.717, 1.165) is 0 Å². The first-order valence-electron chi connectivity index (χ1n) is 4.93. The van der Waals surface area contributed by atoms with Gasteiger partial charge in [-0.2, -0.15) is 0 Å². The first kappa shape index (κ1) is 12.4. The normalized spacial score (nSPS) is 11.0. The van der Waals surface area contributed by atoms with Gasteiger partial charge in [0.15, 0.2) is 0 Å². The molecule has 0 bridgehead atoms. The summed E-state index contributed by atoms with van der Waals surface area (Å²) in [6, 6.07) is 5.58. The van der Waals surface area contributed by atoms with Crippen LogP contribution in [0.1, 0.15) is 13.8 Å². The van der Waals surface area contributed by atoms with Crippen LogP contribution in [0.3, 0.4) is 0 Å². The van der Waals surface area contributed by atoms with E-state index in [1.807, 2.05) is 18.2 Å². The number of ether oxygens (including phenoxy) is 1. The van der Waals surface area contributed by atoms with Crippen molar-refractivity contribution in [2.45, 2.75) is 19.4 Å². The first-order valence-corrected chi connectivity index (χ1v) is 4.93. The molecule has 0 aromatic carbocycles. The van der Waals surface area contributed by atoms with E-state index < -0.39 is 5.54 Å². The predicted molar refractivity (Wildman–Crippen MR) is 58.0 cm³/mol. The zero-order chi connectivity index (χ0) is 12.2. The Hall–Kier alpha value is -1.62. The monoisotopic (exact) mass is 225 g/mol. The fraction of sp³-hybridized carbons (Fsp3) is 0.455. The van der Waals surface area contributed by atoms with Crippen molar-refractivity contribution < 1.29 is 19.0 Å². The number of methoxy groups -OCH3 is 1. The molecule has 0 aliphatic rings. The van der Waals surface area contributed by atoms with Crippen LogP contribution in [0.15, 0.2) is 30.6 Å². The molecule has 0 aliphatic carbocycles. The van der Waals surface area contributed by atoms with Gasteiger partial charge >= 0.3 is 5.97 Å². The number of hydroxylamine groups is 1. The molecule has 0 saturated heterocycles. The van der Waals surface area contributed by atoms with E-state index in [-0.39, 0.29) is 5.97 Å². The lowest BCUT2D eigenvalue weighted by molar-refractivity contribution is -0.736. The summed E-state index contributed by atoms with van der Waals surface area (Å²) in [6.45, 7) is 3.45. The summed E-state index contributed by atoms with van der Waals surface area (Å²) in [6.07, 6.45) is 3.57. The van der Waals surface area contributed by atoms with E-state index >= 15 is 0 Å². The minimum absolute atomic E-state index is 0.370. The Bertz CT molecular complexity index is 352. The summed E-state index contributed by atoms with van der Waals surface area (Å²) in [4.78, 5) is 16.9. The predicted octanol–water partition coefficient (Wildman–Crippen LogP) is 0.425. The maximum Gasteiger partial charge on any atom is 0.339 e. The molecule has 0 saturated carbocycles.